The largest absolute Gasteiger partial charge is 0.389 e. The third-order valence-electron chi connectivity index (χ3n) is 3.37. The highest BCUT2D eigenvalue weighted by Gasteiger charge is 2.09. The van der Waals surface area contributed by atoms with Crippen LogP contribution in [0.2, 0.25) is 0 Å². The van der Waals surface area contributed by atoms with Crippen LogP contribution in [0, 0.1) is 6.92 Å². The molecule has 104 valence electrons. The van der Waals surface area contributed by atoms with Gasteiger partial charge in [-0.15, -0.1) is 0 Å². The molecule has 0 fully saturated rings. The Morgan fingerprint density at radius 3 is 2.30 bits per heavy atom. The van der Waals surface area contributed by atoms with Crippen LogP contribution in [0.3, 0.4) is 0 Å². The van der Waals surface area contributed by atoms with Crippen LogP contribution >= 0.6 is 12.2 Å². The van der Waals surface area contributed by atoms with Gasteiger partial charge in [0, 0.05) is 16.9 Å². The lowest BCUT2D eigenvalue weighted by Crippen LogP contribution is -2.09. The Hall–Kier alpha value is -1.87. The van der Waals surface area contributed by atoms with E-state index in [9.17, 15) is 0 Å². The van der Waals surface area contributed by atoms with Crippen LogP contribution in [0.4, 0.5) is 11.4 Å². The van der Waals surface area contributed by atoms with Crippen molar-refractivity contribution in [2.75, 3.05) is 5.32 Å². The second-order valence-corrected chi connectivity index (χ2v) is 5.70. The van der Waals surface area contributed by atoms with Crippen molar-refractivity contribution in [1.29, 1.82) is 0 Å². The zero-order valence-corrected chi connectivity index (χ0v) is 12.9. The summed E-state index contributed by atoms with van der Waals surface area (Å²) in [5.41, 5.74) is 11.3. The first-order valence-electron chi connectivity index (χ1n) is 6.75. The van der Waals surface area contributed by atoms with Gasteiger partial charge in [-0.05, 0) is 48.2 Å². The van der Waals surface area contributed by atoms with Gasteiger partial charge in [0.05, 0.1) is 0 Å². The Morgan fingerprint density at radius 2 is 1.75 bits per heavy atom. The van der Waals surface area contributed by atoms with E-state index >= 15 is 0 Å². The van der Waals surface area contributed by atoms with Gasteiger partial charge < -0.3 is 11.1 Å². The lowest BCUT2D eigenvalue weighted by molar-refractivity contribution is 0.867. The molecule has 0 aliphatic carbocycles. The van der Waals surface area contributed by atoms with Crippen LogP contribution in [0.5, 0.6) is 0 Å². The minimum Gasteiger partial charge on any atom is -0.389 e. The highest BCUT2D eigenvalue weighted by molar-refractivity contribution is 7.80. The number of hydrogen-bond acceptors (Lipinski definition) is 2. The van der Waals surface area contributed by atoms with Gasteiger partial charge in [0.15, 0.2) is 0 Å². The summed E-state index contributed by atoms with van der Waals surface area (Å²) in [6, 6.07) is 14.3. The van der Waals surface area contributed by atoms with Crippen LogP contribution in [0.1, 0.15) is 36.5 Å². The number of aryl methyl sites for hydroxylation is 1. The molecule has 0 saturated carbocycles. The van der Waals surface area contributed by atoms with E-state index < -0.39 is 0 Å². The Bertz CT molecular complexity index is 615. The molecule has 0 unspecified atom stereocenters. The normalized spacial score (nSPS) is 10.6. The molecule has 0 amide bonds. The quantitative estimate of drug-likeness (QED) is 0.812. The van der Waals surface area contributed by atoms with Crippen LogP contribution in [-0.2, 0) is 0 Å². The van der Waals surface area contributed by atoms with Crippen LogP contribution in [-0.4, -0.2) is 4.99 Å². The zero-order chi connectivity index (χ0) is 14.7. The van der Waals surface area contributed by atoms with Crippen LogP contribution in [0.25, 0.3) is 0 Å². The number of nitrogens with two attached hydrogens (primary N) is 1. The fourth-order valence-corrected chi connectivity index (χ4v) is 2.34. The summed E-state index contributed by atoms with van der Waals surface area (Å²) in [5, 5.41) is 3.50. The average molecular weight is 284 g/mol. The third kappa shape index (κ3) is 3.17. The first-order valence-corrected chi connectivity index (χ1v) is 7.16. The van der Waals surface area contributed by atoms with E-state index in [1.54, 1.807) is 0 Å². The van der Waals surface area contributed by atoms with Gasteiger partial charge in [-0.25, -0.2) is 0 Å². The summed E-state index contributed by atoms with van der Waals surface area (Å²) in [4.78, 5) is 0.426. The lowest BCUT2D eigenvalue weighted by atomic mass is 9.98. The first kappa shape index (κ1) is 14.5. The molecule has 0 aliphatic heterocycles. The van der Waals surface area contributed by atoms with Gasteiger partial charge in [0.1, 0.15) is 4.99 Å². The van der Waals surface area contributed by atoms with E-state index in [1.807, 2.05) is 24.3 Å². The van der Waals surface area contributed by atoms with E-state index in [-0.39, 0.29) is 0 Å². The topological polar surface area (TPSA) is 38.0 Å². The summed E-state index contributed by atoms with van der Waals surface area (Å²) >= 11 is 4.97. The number of anilines is 2. The molecule has 2 nitrogen and oxygen atoms in total. The summed E-state index contributed by atoms with van der Waals surface area (Å²) in [5.74, 6) is 0.480. The van der Waals surface area contributed by atoms with Gasteiger partial charge in [-0.1, -0.05) is 44.3 Å². The second-order valence-electron chi connectivity index (χ2n) is 5.26. The summed E-state index contributed by atoms with van der Waals surface area (Å²) in [6.07, 6.45) is 0. The van der Waals surface area contributed by atoms with Crippen molar-refractivity contribution < 1.29 is 0 Å². The number of benzene rings is 2. The van der Waals surface area contributed by atoms with Crippen LogP contribution < -0.4 is 11.1 Å². The van der Waals surface area contributed by atoms with Gasteiger partial charge in [0.2, 0.25) is 0 Å². The molecule has 3 heteroatoms. The SMILES string of the molecule is Cc1cccc(C(C)C)c1Nc1ccc(C(N)=S)cc1. The predicted molar refractivity (Wildman–Crippen MR) is 90.9 cm³/mol. The summed E-state index contributed by atoms with van der Waals surface area (Å²) in [6.45, 7) is 6.53. The van der Waals surface area contributed by atoms with E-state index in [1.165, 1.54) is 16.8 Å². The van der Waals surface area contributed by atoms with Crippen molar-refractivity contribution in [3.8, 4) is 0 Å². The van der Waals surface area contributed by atoms with Gasteiger partial charge >= 0.3 is 0 Å². The number of thiocarbonyl (C=S) groups is 1. The van der Waals surface area contributed by atoms with Crippen molar-refractivity contribution in [1.82, 2.24) is 0 Å². The highest BCUT2D eigenvalue weighted by atomic mass is 32.1. The molecule has 2 aromatic rings. The van der Waals surface area contributed by atoms with Crippen molar-refractivity contribution in [3.63, 3.8) is 0 Å². The summed E-state index contributed by atoms with van der Waals surface area (Å²) < 4.78 is 0. The molecule has 0 bridgehead atoms. The van der Waals surface area contributed by atoms with E-state index in [0.717, 1.165) is 11.3 Å². The van der Waals surface area contributed by atoms with Crippen molar-refractivity contribution in [3.05, 3.63) is 59.2 Å². The van der Waals surface area contributed by atoms with E-state index in [0.29, 0.717) is 10.9 Å². The standard InChI is InChI=1S/C17H20N2S/c1-11(2)15-6-4-5-12(3)16(15)19-14-9-7-13(8-10-14)17(18)20/h4-11,19H,1-3H3,(H2,18,20). The van der Waals surface area contributed by atoms with Gasteiger partial charge in [0.25, 0.3) is 0 Å². The minimum atomic E-state index is 0.426. The maximum absolute atomic E-state index is 5.62. The molecule has 0 aromatic heterocycles. The molecular weight excluding hydrogens is 264 g/mol. The monoisotopic (exact) mass is 284 g/mol. The third-order valence-corrected chi connectivity index (χ3v) is 3.60. The second kappa shape index (κ2) is 6.06. The molecule has 2 aromatic carbocycles. The molecule has 0 atom stereocenters. The first-order chi connectivity index (χ1) is 9.49. The highest BCUT2D eigenvalue weighted by Crippen LogP contribution is 2.30. The van der Waals surface area contributed by atoms with E-state index in [4.69, 9.17) is 18.0 Å². The van der Waals surface area contributed by atoms with Crippen molar-refractivity contribution in [2.24, 2.45) is 5.73 Å². The number of rotatable bonds is 4. The van der Waals surface area contributed by atoms with Crippen molar-refractivity contribution >= 4 is 28.6 Å². The molecular formula is C17H20N2S. The van der Waals surface area contributed by atoms with Crippen molar-refractivity contribution in [2.45, 2.75) is 26.7 Å². The molecule has 20 heavy (non-hydrogen) atoms. The lowest BCUT2D eigenvalue weighted by Gasteiger charge is -2.17. The molecule has 0 radical (unpaired) electrons. The Kier molecular flexibility index (Phi) is 4.40. The molecule has 0 aliphatic rings. The molecule has 2 rings (SSSR count). The maximum atomic E-state index is 5.62. The molecule has 0 heterocycles. The van der Waals surface area contributed by atoms with Gasteiger partial charge in [-0.2, -0.15) is 0 Å². The fraction of sp³-hybridized carbons (Fsp3) is 0.235. The smallest absolute Gasteiger partial charge is 0.103 e. The predicted octanol–water partition coefficient (Wildman–Crippen LogP) is 4.50. The number of para-hydroxylation sites is 1. The van der Waals surface area contributed by atoms with E-state index in [2.05, 4.69) is 44.3 Å². The zero-order valence-electron chi connectivity index (χ0n) is 12.1. The maximum Gasteiger partial charge on any atom is 0.103 e. The Balaban J connectivity index is 2.32. The van der Waals surface area contributed by atoms with Gasteiger partial charge in [-0.3, -0.25) is 0 Å². The Morgan fingerprint density at radius 1 is 1.10 bits per heavy atom. The summed E-state index contributed by atoms with van der Waals surface area (Å²) in [7, 11) is 0. The average Bonchev–Trinajstić information content (AvgIpc) is 2.41. The molecule has 3 N–H and O–H groups in total. The fourth-order valence-electron chi connectivity index (χ4n) is 2.20. The Labute approximate surface area is 126 Å². The number of hydrogen-bond donors (Lipinski definition) is 2. The minimum absolute atomic E-state index is 0.426. The number of nitrogens with one attached hydrogen (secondary N) is 1. The molecule has 0 spiro atoms. The molecule has 0 saturated heterocycles. The van der Waals surface area contributed by atoms with Crippen LogP contribution in [0.15, 0.2) is 42.5 Å².